The molecule has 5 aromatic rings. The molecule has 2 saturated heterocycles. The summed E-state index contributed by atoms with van der Waals surface area (Å²) in [5.41, 5.74) is 9.43. The number of ether oxygens (including phenoxy) is 2. The van der Waals surface area contributed by atoms with Gasteiger partial charge in [-0.15, -0.1) is 0 Å². The Kier molecular flexibility index (Phi) is 12.5. The summed E-state index contributed by atoms with van der Waals surface area (Å²) in [6, 6.07) is 45.6. The molecule has 0 radical (unpaired) electrons. The third-order valence-corrected chi connectivity index (χ3v) is 11.4. The van der Waals surface area contributed by atoms with Crippen LogP contribution in [0.3, 0.4) is 0 Å². The number of benzene rings is 5. The highest BCUT2D eigenvalue weighted by Crippen LogP contribution is 2.38. The van der Waals surface area contributed by atoms with Crippen molar-refractivity contribution in [2.75, 3.05) is 26.2 Å². The number of aliphatic hydroxyl groups is 1. The fourth-order valence-electron chi connectivity index (χ4n) is 8.16. The van der Waals surface area contributed by atoms with E-state index in [0.717, 1.165) is 76.1 Å². The number of rotatable bonds is 14. The number of carbonyl (C=O) groups is 1. The molecule has 280 valence electrons. The van der Waals surface area contributed by atoms with Crippen LogP contribution in [0.4, 0.5) is 0 Å². The summed E-state index contributed by atoms with van der Waals surface area (Å²) < 4.78 is 12.8. The number of nitrogens with two attached hydrogens (primary N) is 1. The molecule has 54 heavy (non-hydrogen) atoms. The van der Waals surface area contributed by atoms with Gasteiger partial charge in [0.05, 0.1) is 0 Å². The van der Waals surface area contributed by atoms with Gasteiger partial charge >= 0.3 is 5.97 Å². The average molecular weight is 724 g/mol. The lowest BCUT2D eigenvalue weighted by Crippen LogP contribution is -2.48. The first-order chi connectivity index (χ1) is 26.5. The predicted molar refractivity (Wildman–Crippen MR) is 213 cm³/mol. The highest BCUT2D eigenvalue weighted by atomic mass is 16.6. The molecule has 0 aliphatic carbocycles. The Bertz CT molecular complexity index is 1810. The topological polar surface area (TPSA) is 88.3 Å². The highest BCUT2D eigenvalue weighted by Gasteiger charge is 2.45. The molecule has 2 aliphatic rings. The van der Waals surface area contributed by atoms with Crippen LogP contribution < -0.4 is 10.5 Å². The molecule has 2 heterocycles. The molecule has 0 amide bonds. The molecule has 2 fully saturated rings. The summed E-state index contributed by atoms with van der Waals surface area (Å²) in [6.07, 6.45) is 3.48. The maximum Gasteiger partial charge on any atom is 0.347 e. The maximum atomic E-state index is 14.7. The first-order valence-electron chi connectivity index (χ1n) is 19.5. The number of likely N-dealkylation sites (tertiary alicyclic amines) is 2. The molecule has 0 aromatic heterocycles. The lowest BCUT2D eigenvalue weighted by atomic mass is 9.79. The minimum Gasteiger partial charge on any atom is -0.489 e. The van der Waals surface area contributed by atoms with Crippen LogP contribution in [0.25, 0.3) is 0 Å². The van der Waals surface area contributed by atoms with Gasteiger partial charge in [-0.25, -0.2) is 4.79 Å². The van der Waals surface area contributed by atoms with Crippen molar-refractivity contribution in [3.63, 3.8) is 0 Å². The van der Waals surface area contributed by atoms with Crippen molar-refractivity contribution in [2.45, 2.75) is 63.6 Å². The van der Waals surface area contributed by atoms with Crippen molar-refractivity contribution in [3.8, 4) is 5.75 Å². The Morgan fingerprint density at radius 1 is 0.611 bits per heavy atom. The van der Waals surface area contributed by atoms with Crippen LogP contribution in [0.15, 0.2) is 140 Å². The van der Waals surface area contributed by atoms with Crippen LogP contribution >= 0.6 is 0 Å². The molecule has 5 aromatic carbocycles. The maximum absolute atomic E-state index is 14.7. The first-order valence-corrected chi connectivity index (χ1v) is 19.5. The minimum absolute atomic E-state index is 0.210. The summed E-state index contributed by atoms with van der Waals surface area (Å²) in [5, 5.41) is 12.6. The van der Waals surface area contributed by atoms with Gasteiger partial charge in [-0.2, -0.15) is 0 Å². The second-order valence-corrected chi connectivity index (χ2v) is 15.0. The van der Waals surface area contributed by atoms with Crippen LogP contribution in [0.2, 0.25) is 0 Å². The van der Waals surface area contributed by atoms with E-state index in [1.165, 1.54) is 11.1 Å². The van der Waals surface area contributed by atoms with Crippen LogP contribution in [0.1, 0.15) is 59.1 Å². The number of piperidine rings is 2. The number of esters is 1. The fourth-order valence-corrected chi connectivity index (χ4v) is 8.16. The fraction of sp³-hybridized carbons (Fsp3) is 0.340. The van der Waals surface area contributed by atoms with E-state index in [0.29, 0.717) is 30.0 Å². The summed E-state index contributed by atoms with van der Waals surface area (Å²) in [4.78, 5) is 19.7. The standard InChI is InChI=1S/C47H53N3O4/c48-32-36-16-18-39(19-17-36)35-53-44-22-20-43(21-23-44)47(52,42-14-8-3-9-15-42)46(51)54-45(40-24-28-49(29-25-40)33-37-10-4-1-5-11-37)41-26-30-50(31-27-41)34-38-12-6-2-7-13-38/h1-23,40-41,45,52H,24-35,48H2. The van der Waals surface area contributed by atoms with Gasteiger partial charge in [-0.1, -0.05) is 127 Å². The van der Waals surface area contributed by atoms with E-state index in [9.17, 15) is 9.90 Å². The molecule has 0 spiro atoms. The third-order valence-electron chi connectivity index (χ3n) is 11.4. The lowest BCUT2D eigenvalue weighted by molar-refractivity contribution is -0.177. The van der Waals surface area contributed by atoms with Crippen molar-refractivity contribution in [3.05, 3.63) is 173 Å². The summed E-state index contributed by atoms with van der Waals surface area (Å²) in [7, 11) is 0. The van der Waals surface area contributed by atoms with E-state index in [1.54, 1.807) is 24.3 Å². The van der Waals surface area contributed by atoms with Gasteiger partial charge in [-0.3, -0.25) is 9.80 Å². The molecule has 2 aliphatic heterocycles. The van der Waals surface area contributed by atoms with Crippen molar-refractivity contribution < 1.29 is 19.4 Å². The molecule has 1 atom stereocenters. The molecule has 0 bridgehead atoms. The van der Waals surface area contributed by atoms with E-state index in [1.807, 2.05) is 54.6 Å². The van der Waals surface area contributed by atoms with Crippen molar-refractivity contribution in [1.29, 1.82) is 0 Å². The molecular formula is C47H53N3O4. The van der Waals surface area contributed by atoms with Crippen LogP contribution in [0.5, 0.6) is 5.75 Å². The number of carbonyl (C=O) groups excluding carboxylic acids is 1. The van der Waals surface area contributed by atoms with Crippen molar-refractivity contribution in [1.82, 2.24) is 9.80 Å². The Morgan fingerprint density at radius 2 is 1.06 bits per heavy atom. The van der Waals surface area contributed by atoms with Crippen LogP contribution in [-0.4, -0.2) is 53.2 Å². The van der Waals surface area contributed by atoms with E-state index < -0.39 is 11.6 Å². The molecule has 7 nitrogen and oxygen atoms in total. The normalized spacial score (nSPS) is 17.2. The van der Waals surface area contributed by atoms with Gasteiger partial charge in [0.2, 0.25) is 5.60 Å². The molecule has 1 unspecified atom stereocenters. The zero-order valence-electron chi connectivity index (χ0n) is 31.1. The molecule has 7 rings (SSSR count). The van der Waals surface area contributed by atoms with Crippen molar-refractivity contribution in [2.24, 2.45) is 17.6 Å². The largest absolute Gasteiger partial charge is 0.489 e. The quantitative estimate of drug-likeness (QED) is 0.114. The monoisotopic (exact) mass is 723 g/mol. The Labute approximate surface area is 320 Å². The summed E-state index contributed by atoms with van der Waals surface area (Å²) in [6.45, 7) is 6.52. The Hall–Kier alpha value is -4.79. The first kappa shape index (κ1) is 37.5. The molecule has 3 N–H and O–H groups in total. The second kappa shape index (κ2) is 18.0. The van der Waals surface area contributed by atoms with E-state index >= 15 is 0 Å². The van der Waals surface area contributed by atoms with Crippen LogP contribution in [-0.2, 0) is 41.4 Å². The highest BCUT2D eigenvalue weighted by molar-refractivity contribution is 5.85. The SMILES string of the molecule is NCc1ccc(COc2ccc(C(O)(C(=O)OC(C3CCN(Cc4ccccc4)CC3)C3CCN(Cc4ccccc4)CC3)c3ccccc3)cc2)cc1. The predicted octanol–water partition coefficient (Wildman–Crippen LogP) is 7.70. The van der Waals surface area contributed by atoms with Gasteiger partial charge in [-0.05, 0) is 109 Å². The number of hydrogen-bond acceptors (Lipinski definition) is 7. The average Bonchev–Trinajstić information content (AvgIpc) is 3.24. The van der Waals surface area contributed by atoms with E-state index in [2.05, 4.69) is 70.5 Å². The van der Waals surface area contributed by atoms with E-state index in [4.69, 9.17) is 15.2 Å². The minimum atomic E-state index is -1.99. The van der Waals surface area contributed by atoms with Gasteiger partial charge in [0.15, 0.2) is 0 Å². The number of nitrogens with zero attached hydrogens (tertiary/aromatic N) is 2. The van der Waals surface area contributed by atoms with E-state index in [-0.39, 0.29) is 17.9 Å². The molecular weight excluding hydrogens is 671 g/mol. The Morgan fingerprint density at radius 3 is 1.54 bits per heavy atom. The number of hydrogen-bond donors (Lipinski definition) is 2. The van der Waals surface area contributed by atoms with Gasteiger partial charge in [0.1, 0.15) is 18.5 Å². The van der Waals surface area contributed by atoms with Gasteiger partial charge in [0, 0.05) is 19.6 Å². The molecule has 7 heteroatoms. The zero-order valence-corrected chi connectivity index (χ0v) is 31.1. The summed E-state index contributed by atoms with van der Waals surface area (Å²) in [5.74, 6) is 0.446. The Balaban J connectivity index is 1.09. The zero-order chi connectivity index (χ0) is 37.2. The molecule has 0 saturated carbocycles. The van der Waals surface area contributed by atoms with Gasteiger partial charge in [0.25, 0.3) is 0 Å². The second-order valence-electron chi connectivity index (χ2n) is 15.0. The summed E-state index contributed by atoms with van der Waals surface area (Å²) >= 11 is 0. The van der Waals surface area contributed by atoms with Crippen molar-refractivity contribution >= 4 is 5.97 Å². The smallest absolute Gasteiger partial charge is 0.347 e. The van der Waals surface area contributed by atoms with Gasteiger partial charge < -0.3 is 20.3 Å². The lowest BCUT2D eigenvalue weighted by Gasteiger charge is -2.42. The van der Waals surface area contributed by atoms with Crippen LogP contribution in [0, 0.1) is 11.8 Å². The third kappa shape index (κ3) is 9.28.